The first-order chi connectivity index (χ1) is 11.6. The Kier molecular flexibility index (Phi) is 4.56. The lowest BCUT2D eigenvalue weighted by molar-refractivity contribution is 0.0946. The van der Waals surface area contributed by atoms with Gasteiger partial charge in [-0.1, -0.05) is 24.8 Å². The average molecular weight is 320 g/mol. The zero-order chi connectivity index (χ0) is 17.1. The normalized spacial score (nSPS) is 13.4. The summed E-state index contributed by atoms with van der Waals surface area (Å²) in [7, 11) is 0. The van der Waals surface area contributed by atoms with E-state index in [1.54, 1.807) is 18.3 Å². The molecule has 1 heterocycles. The van der Waals surface area contributed by atoms with Crippen LogP contribution in [-0.4, -0.2) is 23.7 Å². The molecule has 0 bridgehead atoms. The van der Waals surface area contributed by atoms with Crippen molar-refractivity contribution in [1.29, 1.82) is 0 Å². The first-order valence-electron chi connectivity index (χ1n) is 8.09. The van der Waals surface area contributed by atoms with E-state index in [0.29, 0.717) is 17.2 Å². The minimum Gasteiger partial charge on any atom is -0.350 e. The zero-order valence-electron chi connectivity index (χ0n) is 13.7. The summed E-state index contributed by atoms with van der Waals surface area (Å²) in [6.07, 6.45) is 6.60. The van der Waals surface area contributed by atoms with Crippen molar-refractivity contribution in [3.05, 3.63) is 59.4 Å². The molecule has 1 aliphatic rings. The molecule has 1 amide bonds. The summed E-state index contributed by atoms with van der Waals surface area (Å²) in [5.74, 6) is 0.483. The molecule has 0 unspecified atom stereocenters. The molecule has 1 saturated carbocycles. The van der Waals surface area contributed by atoms with Crippen LogP contribution in [0.15, 0.2) is 37.0 Å². The van der Waals surface area contributed by atoms with Crippen LogP contribution >= 0.6 is 0 Å². The Bertz CT molecular complexity index is 790. The van der Waals surface area contributed by atoms with Gasteiger partial charge in [-0.2, -0.15) is 0 Å². The topological polar surface area (TPSA) is 59.1 Å². The molecule has 1 aromatic heterocycles. The van der Waals surface area contributed by atoms with Gasteiger partial charge in [0.15, 0.2) is 6.29 Å². The first kappa shape index (κ1) is 16.1. The van der Waals surface area contributed by atoms with E-state index in [4.69, 9.17) is 0 Å². The van der Waals surface area contributed by atoms with Crippen LogP contribution in [0.3, 0.4) is 0 Å². The van der Waals surface area contributed by atoms with Gasteiger partial charge in [0.25, 0.3) is 5.91 Å². The number of hydrogen-bond donors (Lipinski definition) is 1. The van der Waals surface area contributed by atoms with Gasteiger partial charge in [0.2, 0.25) is 0 Å². The molecule has 122 valence electrons. The molecule has 2 aromatic rings. The van der Waals surface area contributed by atoms with Gasteiger partial charge in [0, 0.05) is 23.9 Å². The van der Waals surface area contributed by atoms with E-state index < -0.39 is 0 Å². The van der Waals surface area contributed by atoms with Gasteiger partial charge < -0.3 is 5.32 Å². The number of nitrogens with zero attached hydrogens (tertiary/aromatic N) is 1. The lowest BCUT2D eigenvalue weighted by Crippen LogP contribution is -2.26. The number of benzene rings is 1. The fraction of sp³-hybridized carbons (Fsp3) is 0.250. The fourth-order valence-electron chi connectivity index (χ4n) is 2.65. The number of aromatic nitrogens is 1. The van der Waals surface area contributed by atoms with Gasteiger partial charge >= 0.3 is 0 Å². The van der Waals surface area contributed by atoms with Crippen molar-refractivity contribution in [3.8, 4) is 11.1 Å². The summed E-state index contributed by atoms with van der Waals surface area (Å²) < 4.78 is 0. The molecule has 24 heavy (non-hydrogen) atoms. The van der Waals surface area contributed by atoms with Crippen molar-refractivity contribution in [3.63, 3.8) is 0 Å². The summed E-state index contributed by atoms with van der Waals surface area (Å²) in [6.45, 7) is 6.46. The summed E-state index contributed by atoms with van der Waals surface area (Å²) in [4.78, 5) is 27.7. The van der Waals surface area contributed by atoms with Crippen molar-refractivity contribution >= 4 is 18.3 Å². The van der Waals surface area contributed by atoms with Crippen molar-refractivity contribution in [1.82, 2.24) is 10.3 Å². The standard InChI is InChI=1S/C20H20N2O2/c1-3-15-9-17(12-23)18(8-13(15)2)16-6-7-19(21-11-16)20(24)22-10-14-4-5-14/h3,6-9,11-12,14H,1,4-5,10H2,2H3,(H,22,24). The van der Waals surface area contributed by atoms with Crippen LogP contribution < -0.4 is 5.32 Å². The van der Waals surface area contributed by atoms with Crippen LogP contribution in [0.25, 0.3) is 17.2 Å². The number of carbonyl (C=O) groups excluding carboxylic acids is 2. The largest absolute Gasteiger partial charge is 0.350 e. The number of nitrogens with one attached hydrogen (secondary N) is 1. The Morgan fingerprint density at radius 1 is 1.33 bits per heavy atom. The number of amides is 1. The Labute approximate surface area is 141 Å². The number of pyridine rings is 1. The van der Waals surface area contributed by atoms with Crippen molar-refractivity contribution < 1.29 is 9.59 Å². The molecule has 1 fully saturated rings. The molecule has 0 saturated heterocycles. The Balaban J connectivity index is 1.84. The first-order valence-corrected chi connectivity index (χ1v) is 8.09. The van der Waals surface area contributed by atoms with E-state index in [1.165, 1.54) is 12.8 Å². The fourth-order valence-corrected chi connectivity index (χ4v) is 2.65. The maximum atomic E-state index is 12.0. The highest BCUT2D eigenvalue weighted by Crippen LogP contribution is 2.28. The molecule has 0 aliphatic heterocycles. The van der Waals surface area contributed by atoms with E-state index >= 15 is 0 Å². The SMILES string of the molecule is C=Cc1cc(C=O)c(-c2ccc(C(=O)NCC3CC3)nc2)cc1C. The highest BCUT2D eigenvalue weighted by molar-refractivity contribution is 5.93. The Morgan fingerprint density at radius 3 is 2.71 bits per heavy atom. The minimum atomic E-state index is -0.151. The number of aryl methyl sites for hydroxylation is 1. The van der Waals surface area contributed by atoms with E-state index in [0.717, 1.165) is 35.1 Å². The third kappa shape index (κ3) is 3.43. The predicted octanol–water partition coefficient (Wildman–Crippen LogP) is 3.65. The lowest BCUT2D eigenvalue weighted by Gasteiger charge is -2.10. The van der Waals surface area contributed by atoms with Crippen molar-refractivity contribution in [2.75, 3.05) is 6.54 Å². The van der Waals surface area contributed by atoms with E-state index in [-0.39, 0.29) is 5.91 Å². The predicted molar refractivity (Wildman–Crippen MR) is 94.9 cm³/mol. The van der Waals surface area contributed by atoms with Crippen LogP contribution in [-0.2, 0) is 0 Å². The maximum Gasteiger partial charge on any atom is 0.269 e. The molecule has 0 radical (unpaired) electrons. The Morgan fingerprint density at radius 2 is 2.12 bits per heavy atom. The molecule has 1 aromatic carbocycles. The molecule has 0 spiro atoms. The number of hydrogen-bond acceptors (Lipinski definition) is 3. The zero-order valence-corrected chi connectivity index (χ0v) is 13.7. The summed E-state index contributed by atoms with van der Waals surface area (Å²) in [5.41, 5.74) is 4.58. The maximum absolute atomic E-state index is 12.0. The molecule has 4 nitrogen and oxygen atoms in total. The quantitative estimate of drug-likeness (QED) is 0.827. The molecular weight excluding hydrogens is 300 g/mol. The molecule has 0 atom stereocenters. The average Bonchev–Trinajstić information content (AvgIpc) is 3.44. The minimum absolute atomic E-state index is 0.151. The smallest absolute Gasteiger partial charge is 0.269 e. The van der Waals surface area contributed by atoms with Gasteiger partial charge in [-0.3, -0.25) is 14.6 Å². The molecule has 4 heteroatoms. The third-order valence-electron chi connectivity index (χ3n) is 4.34. The van der Waals surface area contributed by atoms with Crippen LogP contribution in [0.5, 0.6) is 0 Å². The summed E-state index contributed by atoms with van der Waals surface area (Å²) >= 11 is 0. The van der Waals surface area contributed by atoms with E-state index in [9.17, 15) is 9.59 Å². The lowest BCUT2D eigenvalue weighted by atomic mass is 9.95. The van der Waals surface area contributed by atoms with Gasteiger partial charge in [-0.05, 0) is 54.5 Å². The number of aldehydes is 1. The summed E-state index contributed by atoms with van der Waals surface area (Å²) in [5, 5.41) is 2.90. The molecule has 3 rings (SSSR count). The van der Waals surface area contributed by atoms with Crippen LogP contribution in [0.2, 0.25) is 0 Å². The summed E-state index contributed by atoms with van der Waals surface area (Å²) in [6, 6.07) is 7.29. The van der Waals surface area contributed by atoms with E-state index in [1.807, 2.05) is 25.1 Å². The highest BCUT2D eigenvalue weighted by atomic mass is 16.1. The second-order valence-electron chi connectivity index (χ2n) is 6.20. The van der Waals surface area contributed by atoms with Crippen molar-refractivity contribution in [2.24, 2.45) is 5.92 Å². The second kappa shape index (κ2) is 6.79. The third-order valence-corrected chi connectivity index (χ3v) is 4.34. The van der Waals surface area contributed by atoms with Crippen LogP contribution in [0.1, 0.15) is 44.8 Å². The monoisotopic (exact) mass is 320 g/mol. The van der Waals surface area contributed by atoms with E-state index in [2.05, 4.69) is 16.9 Å². The number of rotatable bonds is 6. The molecule has 1 N–H and O–H groups in total. The molecular formula is C20H20N2O2. The second-order valence-corrected chi connectivity index (χ2v) is 6.20. The Hall–Kier alpha value is -2.75. The van der Waals surface area contributed by atoms with Gasteiger partial charge in [0.1, 0.15) is 5.69 Å². The van der Waals surface area contributed by atoms with Crippen LogP contribution in [0, 0.1) is 12.8 Å². The van der Waals surface area contributed by atoms with Crippen LogP contribution in [0.4, 0.5) is 0 Å². The highest BCUT2D eigenvalue weighted by Gasteiger charge is 2.22. The molecule has 1 aliphatic carbocycles. The van der Waals surface area contributed by atoms with Gasteiger partial charge in [-0.15, -0.1) is 0 Å². The number of carbonyl (C=O) groups is 2. The van der Waals surface area contributed by atoms with Crippen molar-refractivity contribution in [2.45, 2.75) is 19.8 Å². The van der Waals surface area contributed by atoms with Gasteiger partial charge in [0.05, 0.1) is 0 Å². The van der Waals surface area contributed by atoms with Gasteiger partial charge in [-0.25, -0.2) is 0 Å².